The molecule has 20 heavy (non-hydrogen) atoms. The zero-order valence-corrected chi connectivity index (χ0v) is 13.5. The number of fused-ring (bicyclic) bond motifs is 1. The number of carbonyl (C=O) groups excluding carboxylic acids is 1. The third-order valence-corrected chi connectivity index (χ3v) is 5.09. The standard InChI is InChI=1S/C15H20BrN3O/c1-15(2)3-5-19(6-4-15)12-8-11-9(7-10(12)16)13(17)14(20)18-11/h7-8,13H,3-6,17H2,1-2H3,(H,18,20). The van der Waals surface area contributed by atoms with Crippen molar-refractivity contribution in [1.82, 2.24) is 0 Å². The second-order valence-electron chi connectivity index (χ2n) is 6.51. The van der Waals surface area contributed by atoms with E-state index in [1.165, 1.54) is 12.8 Å². The van der Waals surface area contributed by atoms with Gasteiger partial charge in [0.25, 0.3) is 0 Å². The number of hydrogen-bond donors (Lipinski definition) is 2. The predicted molar refractivity (Wildman–Crippen MR) is 84.9 cm³/mol. The van der Waals surface area contributed by atoms with Crippen LogP contribution >= 0.6 is 15.9 Å². The largest absolute Gasteiger partial charge is 0.371 e. The summed E-state index contributed by atoms with van der Waals surface area (Å²) in [4.78, 5) is 14.0. The zero-order chi connectivity index (χ0) is 14.5. The number of nitrogens with one attached hydrogen (secondary N) is 1. The van der Waals surface area contributed by atoms with E-state index in [0.717, 1.165) is 34.5 Å². The quantitative estimate of drug-likeness (QED) is 0.828. The SMILES string of the molecule is CC1(C)CCN(c2cc3c(cc2Br)C(N)C(=O)N3)CC1. The predicted octanol–water partition coefficient (Wildman–Crippen LogP) is 3.03. The normalized spacial score (nSPS) is 24.5. The molecule has 1 aromatic rings. The summed E-state index contributed by atoms with van der Waals surface area (Å²) in [5, 5.41) is 2.86. The molecule has 1 aromatic carbocycles. The van der Waals surface area contributed by atoms with E-state index in [4.69, 9.17) is 5.73 Å². The molecule has 1 atom stereocenters. The van der Waals surface area contributed by atoms with Crippen molar-refractivity contribution in [3.63, 3.8) is 0 Å². The first-order valence-electron chi connectivity index (χ1n) is 7.02. The molecule has 3 rings (SSSR count). The summed E-state index contributed by atoms with van der Waals surface area (Å²) in [6, 6.07) is 3.48. The third-order valence-electron chi connectivity index (χ3n) is 4.45. The molecule has 1 unspecified atom stereocenters. The summed E-state index contributed by atoms with van der Waals surface area (Å²) >= 11 is 3.63. The Bertz CT molecular complexity index is 560. The summed E-state index contributed by atoms with van der Waals surface area (Å²) in [6.07, 6.45) is 2.37. The van der Waals surface area contributed by atoms with Crippen LogP contribution in [0.3, 0.4) is 0 Å². The van der Waals surface area contributed by atoms with E-state index < -0.39 is 6.04 Å². The van der Waals surface area contributed by atoms with Crippen LogP contribution in [-0.4, -0.2) is 19.0 Å². The van der Waals surface area contributed by atoms with Gasteiger partial charge in [0.15, 0.2) is 0 Å². The van der Waals surface area contributed by atoms with Gasteiger partial charge in [-0.2, -0.15) is 0 Å². The van der Waals surface area contributed by atoms with Gasteiger partial charge in [0.2, 0.25) is 5.91 Å². The molecule has 1 fully saturated rings. The molecule has 2 aliphatic heterocycles. The van der Waals surface area contributed by atoms with Crippen LogP contribution in [-0.2, 0) is 4.79 Å². The van der Waals surface area contributed by atoms with Crippen LogP contribution in [0.5, 0.6) is 0 Å². The third kappa shape index (κ3) is 2.33. The molecule has 2 heterocycles. The van der Waals surface area contributed by atoms with Crippen molar-refractivity contribution >= 4 is 33.2 Å². The summed E-state index contributed by atoms with van der Waals surface area (Å²) in [7, 11) is 0. The van der Waals surface area contributed by atoms with E-state index in [2.05, 4.69) is 40.0 Å². The maximum Gasteiger partial charge on any atom is 0.245 e. The number of rotatable bonds is 1. The lowest BCUT2D eigenvalue weighted by Crippen LogP contribution is -2.37. The van der Waals surface area contributed by atoms with Crippen molar-refractivity contribution in [3.05, 3.63) is 22.2 Å². The number of hydrogen-bond acceptors (Lipinski definition) is 3. The second-order valence-corrected chi connectivity index (χ2v) is 7.36. The highest BCUT2D eigenvalue weighted by atomic mass is 79.9. The highest BCUT2D eigenvalue weighted by molar-refractivity contribution is 9.10. The van der Waals surface area contributed by atoms with Gasteiger partial charge in [-0.15, -0.1) is 0 Å². The van der Waals surface area contributed by atoms with Gasteiger partial charge < -0.3 is 16.0 Å². The fourth-order valence-corrected chi connectivity index (χ4v) is 3.50. The molecular formula is C15H20BrN3O. The van der Waals surface area contributed by atoms with Crippen LogP contribution in [0, 0.1) is 5.41 Å². The number of amides is 1. The minimum absolute atomic E-state index is 0.121. The summed E-state index contributed by atoms with van der Waals surface area (Å²) < 4.78 is 1.02. The Morgan fingerprint density at radius 2 is 2.00 bits per heavy atom. The van der Waals surface area contributed by atoms with Gasteiger partial charge >= 0.3 is 0 Å². The smallest absolute Gasteiger partial charge is 0.245 e. The lowest BCUT2D eigenvalue weighted by molar-refractivity contribution is -0.116. The number of nitrogens with zero attached hydrogens (tertiary/aromatic N) is 1. The van der Waals surface area contributed by atoms with Crippen molar-refractivity contribution in [2.24, 2.45) is 11.1 Å². The Morgan fingerprint density at radius 1 is 1.35 bits per heavy atom. The average molecular weight is 338 g/mol. The van der Waals surface area contributed by atoms with Gasteiger partial charge in [-0.3, -0.25) is 4.79 Å². The Kier molecular flexibility index (Phi) is 3.29. The fraction of sp³-hybridized carbons (Fsp3) is 0.533. The van der Waals surface area contributed by atoms with Crippen LogP contribution in [0.4, 0.5) is 11.4 Å². The van der Waals surface area contributed by atoms with E-state index >= 15 is 0 Å². The zero-order valence-electron chi connectivity index (χ0n) is 11.9. The molecular weight excluding hydrogens is 318 g/mol. The number of anilines is 2. The van der Waals surface area contributed by atoms with E-state index in [1.54, 1.807) is 0 Å². The number of benzene rings is 1. The molecule has 0 aromatic heterocycles. The minimum Gasteiger partial charge on any atom is -0.371 e. The number of halogens is 1. The first-order valence-corrected chi connectivity index (χ1v) is 7.81. The molecule has 0 bridgehead atoms. The molecule has 0 spiro atoms. The van der Waals surface area contributed by atoms with E-state index in [-0.39, 0.29) is 5.91 Å². The molecule has 5 heteroatoms. The maximum absolute atomic E-state index is 11.7. The number of nitrogens with two attached hydrogens (primary N) is 1. The average Bonchev–Trinajstić information content (AvgIpc) is 2.65. The van der Waals surface area contributed by atoms with Gasteiger partial charge in [-0.1, -0.05) is 13.8 Å². The summed E-state index contributed by atoms with van der Waals surface area (Å²) in [5.41, 5.74) is 9.18. The maximum atomic E-state index is 11.7. The molecule has 0 aliphatic carbocycles. The Labute approximate surface area is 127 Å². The topological polar surface area (TPSA) is 58.4 Å². The molecule has 1 saturated heterocycles. The van der Waals surface area contributed by atoms with Crippen LogP contribution in [0.2, 0.25) is 0 Å². The molecule has 4 nitrogen and oxygen atoms in total. The molecule has 1 amide bonds. The number of piperidine rings is 1. The lowest BCUT2D eigenvalue weighted by Gasteiger charge is -2.38. The first kappa shape index (κ1) is 13.9. The lowest BCUT2D eigenvalue weighted by atomic mass is 9.82. The van der Waals surface area contributed by atoms with E-state index in [1.807, 2.05) is 12.1 Å². The van der Waals surface area contributed by atoms with Crippen molar-refractivity contribution < 1.29 is 4.79 Å². The Hall–Kier alpha value is -1.07. The van der Waals surface area contributed by atoms with Gasteiger partial charge in [0, 0.05) is 28.8 Å². The first-order chi connectivity index (χ1) is 9.37. The second kappa shape index (κ2) is 4.74. The van der Waals surface area contributed by atoms with E-state index in [0.29, 0.717) is 5.41 Å². The van der Waals surface area contributed by atoms with Crippen LogP contribution in [0.25, 0.3) is 0 Å². The van der Waals surface area contributed by atoms with Crippen molar-refractivity contribution in [2.75, 3.05) is 23.3 Å². The molecule has 108 valence electrons. The number of carbonyl (C=O) groups is 1. The van der Waals surface area contributed by atoms with Crippen LogP contribution in [0.1, 0.15) is 38.3 Å². The van der Waals surface area contributed by atoms with Crippen molar-refractivity contribution in [3.8, 4) is 0 Å². The minimum atomic E-state index is -0.546. The molecule has 0 radical (unpaired) electrons. The van der Waals surface area contributed by atoms with Crippen molar-refractivity contribution in [1.29, 1.82) is 0 Å². The van der Waals surface area contributed by atoms with Crippen LogP contribution < -0.4 is 16.0 Å². The Morgan fingerprint density at radius 3 is 2.65 bits per heavy atom. The monoisotopic (exact) mass is 337 g/mol. The van der Waals surface area contributed by atoms with Gasteiger partial charge in [-0.25, -0.2) is 0 Å². The Balaban J connectivity index is 1.89. The highest BCUT2D eigenvalue weighted by Crippen LogP contribution is 2.40. The fourth-order valence-electron chi connectivity index (χ4n) is 2.89. The summed E-state index contributed by atoms with van der Waals surface area (Å²) in [6.45, 7) is 6.73. The molecule has 0 saturated carbocycles. The van der Waals surface area contributed by atoms with Gasteiger partial charge in [0.05, 0.1) is 5.69 Å². The molecule has 3 N–H and O–H groups in total. The van der Waals surface area contributed by atoms with Gasteiger partial charge in [0.1, 0.15) is 6.04 Å². The van der Waals surface area contributed by atoms with E-state index in [9.17, 15) is 4.79 Å². The highest BCUT2D eigenvalue weighted by Gasteiger charge is 2.31. The van der Waals surface area contributed by atoms with Crippen molar-refractivity contribution in [2.45, 2.75) is 32.7 Å². The van der Waals surface area contributed by atoms with Gasteiger partial charge in [-0.05, 0) is 46.3 Å². The summed E-state index contributed by atoms with van der Waals surface area (Å²) in [5.74, 6) is -0.121. The molecule has 2 aliphatic rings. The van der Waals surface area contributed by atoms with Crippen LogP contribution in [0.15, 0.2) is 16.6 Å².